The van der Waals surface area contributed by atoms with Crippen LogP contribution in [0.1, 0.15) is 38.3 Å². The van der Waals surface area contributed by atoms with Gasteiger partial charge in [0.1, 0.15) is 0 Å². The first-order valence-corrected chi connectivity index (χ1v) is 20.8. The number of H-pyrrole nitrogens is 1. The first kappa shape index (κ1) is 34.4. The molecule has 0 amide bonds. The highest BCUT2D eigenvalue weighted by molar-refractivity contribution is 6.14. The van der Waals surface area contributed by atoms with Crippen molar-refractivity contribution in [2.75, 3.05) is 0 Å². The molecule has 3 nitrogen and oxygen atoms in total. The second-order valence-corrected chi connectivity index (χ2v) is 16.4. The summed E-state index contributed by atoms with van der Waals surface area (Å²) >= 11 is 0. The number of hydrogen-bond donors (Lipinski definition) is 1. The molecular formula is C55H45N3. The minimum absolute atomic E-state index is 0.576. The average molecular weight is 748 g/mol. The summed E-state index contributed by atoms with van der Waals surface area (Å²) in [7, 11) is 0. The molecule has 8 aromatic carbocycles. The van der Waals surface area contributed by atoms with Crippen molar-refractivity contribution >= 4 is 65.4 Å². The molecule has 0 aliphatic carbocycles. The van der Waals surface area contributed by atoms with E-state index >= 15 is 0 Å². The number of hydrogen-bond acceptors (Lipinski definition) is 0. The van der Waals surface area contributed by atoms with Gasteiger partial charge in [0.25, 0.3) is 0 Å². The monoisotopic (exact) mass is 747 g/mol. The van der Waals surface area contributed by atoms with E-state index in [4.69, 9.17) is 0 Å². The van der Waals surface area contributed by atoms with Gasteiger partial charge in [-0.3, -0.25) is 0 Å². The normalized spacial score (nSPS) is 12.1. The standard InChI is InChI=1S/C55H45N3/c1-4-13-36-14-5-9-18-50(36)57-52-20-11-7-16-42(52)46-33-39(24-28-54(46)57)37-22-26-48-44(31-37)45-32-38(23-27-49(45)56-48)40-25-29-55-47(34-40)43-17-8-12-21-53(43)58(55)51-19-10-6-15-41(51)30-35(2)3/h5-12,14-29,31-35,56H,4,13,30H2,1-3H3. The van der Waals surface area contributed by atoms with Gasteiger partial charge in [-0.25, -0.2) is 0 Å². The molecule has 0 fully saturated rings. The van der Waals surface area contributed by atoms with Gasteiger partial charge in [0, 0.05) is 54.7 Å². The van der Waals surface area contributed by atoms with Crippen LogP contribution < -0.4 is 0 Å². The Labute approximate surface area is 338 Å². The highest BCUT2D eigenvalue weighted by atomic mass is 15.0. The molecule has 0 unspecified atom stereocenters. The van der Waals surface area contributed by atoms with E-state index in [1.165, 1.54) is 99.1 Å². The molecule has 0 aliphatic rings. The van der Waals surface area contributed by atoms with Crippen molar-refractivity contribution < 1.29 is 0 Å². The van der Waals surface area contributed by atoms with E-state index in [2.05, 4.69) is 205 Å². The van der Waals surface area contributed by atoms with Crippen LogP contribution in [0.25, 0.3) is 99.0 Å². The molecule has 1 N–H and O–H groups in total. The zero-order valence-electron chi connectivity index (χ0n) is 33.3. The Hall–Kier alpha value is -6.84. The molecule has 0 saturated heterocycles. The lowest BCUT2D eigenvalue weighted by Gasteiger charge is -2.15. The minimum atomic E-state index is 0.576. The molecule has 11 rings (SSSR count). The highest BCUT2D eigenvalue weighted by Gasteiger charge is 2.18. The fourth-order valence-corrected chi connectivity index (χ4v) is 9.63. The molecule has 3 aromatic heterocycles. The van der Waals surface area contributed by atoms with Gasteiger partial charge in [0.15, 0.2) is 0 Å². The second-order valence-electron chi connectivity index (χ2n) is 16.4. The average Bonchev–Trinajstić information content (AvgIpc) is 3.90. The van der Waals surface area contributed by atoms with Crippen LogP contribution in [0.5, 0.6) is 0 Å². The summed E-state index contributed by atoms with van der Waals surface area (Å²) in [5.41, 5.74) is 17.5. The number of aromatic nitrogens is 3. The minimum Gasteiger partial charge on any atom is -0.355 e. The van der Waals surface area contributed by atoms with Crippen molar-refractivity contribution in [1.29, 1.82) is 0 Å². The van der Waals surface area contributed by atoms with Crippen LogP contribution in [-0.2, 0) is 12.8 Å². The van der Waals surface area contributed by atoms with Crippen LogP contribution >= 0.6 is 0 Å². The number of fused-ring (bicyclic) bond motifs is 9. The van der Waals surface area contributed by atoms with E-state index in [-0.39, 0.29) is 0 Å². The lowest BCUT2D eigenvalue weighted by molar-refractivity contribution is 0.645. The second kappa shape index (κ2) is 13.7. The van der Waals surface area contributed by atoms with E-state index in [0.717, 1.165) is 30.3 Å². The van der Waals surface area contributed by atoms with Crippen LogP contribution in [0, 0.1) is 5.92 Å². The maximum atomic E-state index is 3.71. The number of aromatic amines is 1. The maximum absolute atomic E-state index is 3.71. The van der Waals surface area contributed by atoms with Crippen LogP contribution in [0.15, 0.2) is 170 Å². The Kier molecular flexibility index (Phi) is 8.11. The van der Waals surface area contributed by atoms with Crippen molar-refractivity contribution in [2.45, 2.75) is 40.0 Å². The fraction of sp³-hybridized carbons (Fsp3) is 0.127. The Bertz CT molecular complexity index is 3370. The molecule has 3 heterocycles. The molecule has 3 heteroatoms. The Morgan fingerprint density at radius 1 is 0.414 bits per heavy atom. The zero-order chi connectivity index (χ0) is 38.9. The van der Waals surface area contributed by atoms with E-state index in [9.17, 15) is 0 Å². The van der Waals surface area contributed by atoms with E-state index in [1.807, 2.05) is 0 Å². The van der Waals surface area contributed by atoms with Crippen molar-refractivity contribution in [3.05, 3.63) is 181 Å². The van der Waals surface area contributed by atoms with Gasteiger partial charge >= 0.3 is 0 Å². The molecule has 0 bridgehead atoms. The maximum Gasteiger partial charge on any atom is 0.0541 e. The van der Waals surface area contributed by atoms with Crippen LogP contribution in [0.2, 0.25) is 0 Å². The van der Waals surface area contributed by atoms with Gasteiger partial charge < -0.3 is 14.1 Å². The number of aryl methyl sites for hydroxylation is 1. The fourth-order valence-electron chi connectivity index (χ4n) is 9.63. The third-order valence-corrected chi connectivity index (χ3v) is 12.2. The molecule has 58 heavy (non-hydrogen) atoms. The zero-order valence-corrected chi connectivity index (χ0v) is 33.3. The van der Waals surface area contributed by atoms with Gasteiger partial charge in [-0.05, 0) is 125 Å². The predicted octanol–water partition coefficient (Wildman–Crippen LogP) is 15.0. The van der Waals surface area contributed by atoms with E-state index < -0.39 is 0 Å². The molecule has 0 spiro atoms. The highest BCUT2D eigenvalue weighted by Crippen LogP contribution is 2.40. The summed E-state index contributed by atoms with van der Waals surface area (Å²) < 4.78 is 4.93. The SMILES string of the molecule is CCCc1ccccc1-n1c2ccccc2c2cc(-c3ccc4[nH]c5ccc(-c6ccc7c(c6)c6ccccc6n7-c6ccccc6CC(C)C)cc5c4c3)ccc21. The van der Waals surface area contributed by atoms with E-state index in [0.29, 0.717) is 5.92 Å². The largest absolute Gasteiger partial charge is 0.355 e. The van der Waals surface area contributed by atoms with Crippen molar-refractivity contribution in [2.24, 2.45) is 5.92 Å². The van der Waals surface area contributed by atoms with Gasteiger partial charge in [0.2, 0.25) is 0 Å². The lowest BCUT2D eigenvalue weighted by Crippen LogP contribution is -2.02. The molecule has 0 radical (unpaired) electrons. The van der Waals surface area contributed by atoms with Crippen molar-refractivity contribution in [3.63, 3.8) is 0 Å². The van der Waals surface area contributed by atoms with Gasteiger partial charge in [-0.2, -0.15) is 0 Å². The summed E-state index contributed by atoms with van der Waals surface area (Å²) in [6.45, 7) is 6.86. The molecular weight excluding hydrogens is 703 g/mol. The summed E-state index contributed by atoms with van der Waals surface area (Å²) in [6.07, 6.45) is 3.22. The van der Waals surface area contributed by atoms with Gasteiger partial charge in [-0.15, -0.1) is 0 Å². The van der Waals surface area contributed by atoms with Crippen LogP contribution in [-0.4, -0.2) is 14.1 Å². The first-order chi connectivity index (χ1) is 28.5. The Balaban J connectivity index is 1.02. The molecule has 11 aromatic rings. The number of nitrogens with zero attached hydrogens (tertiary/aromatic N) is 2. The third-order valence-electron chi connectivity index (χ3n) is 12.2. The number of para-hydroxylation sites is 4. The topological polar surface area (TPSA) is 25.6 Å². The number of rotatable bonds is 8. The number of benzene rings is 8. The lowest BCUT2D eigenvalue weighted by atomic mass is 9.98. The van der Waals surface area contributed by atoms with Gasteiger partial charge in [-0.1, -0.05) is 124 Å². The van der Waals surface area contributed by atoms with E-state index in [1.54, 1.807) is 0 Å². The molecule has 0 atom stereocenters. The van der Waals surface area contributed by atoms with Crippen LogP contribution in [0.3, 0.4) is 0 Å². The summed E-state index contributed by atoms with van der Waals surface area (Å²) in [5, 5.41) is 7.60. The predicted molar refractivity (Wildman–Crippen MR) is 248 cm³/mol. The van der Waals surface area contributed by atoms with Crippen molar-refractivity contribution in [3.8, 4) is 33.6 Å². The molecule has 0 aliphatic heterocycles. The smallest absolute Gasteiger partial charge is 0.0541 e. The third kappa shape index (κ3) is 5.49. The van der Waals surface area contributed by atoms with Crippen LogP contribution in [0.4, 0.5) is 0 Å². The Morgan fingerprint density at radius 2 is 0.828 bits per heavy atom. The summed E-state index contributed by atoms with van der Waals surface area (Å²) in [4.78, 5) is 3.71. The summed E-state index contributed by atoms with van der Waals surface area (Å²) in [5.74, 6) is 0.576. The molecule has 280 valence electrons. The van der Waals surface area contributed by atoms with Gasteiger partial charge in [0.05, 0.1) is 22.1 Å². The first-order valence-electron chi connectivity index (χ1n) is 20.8. The molecule has 0 saturated carbocycles. The van der Waals surface area contributed by atoms with Crippen molar-refractivity contribution in [1.82, 2.24) is 14.1 Å². The number of nitrogens with one attached hydrogen (secondary N) is 1. The Morgan fingerprint density at radius 3 is 1.34 bits per heavy atom. The quantitative estimate of drug-likeness (QED) is 0.160. The summed E-state index contributed by atoms with van der Waals surface area (Å²) in [6, 6.07) is 63.3.